The summed E-state index contributed by atoms with van der Waals surface area (Å²) >= 11 is 13.1. The molecule has 4 heteroatoms. The van der Waals surface area contributed by atoms with E-state index in [1.807, 2.05) is 6.07 Å². The molecule has 60 valence electrons. The van der Waals surface area contributed by atoms with Gasteiger partial charge in [0.05, 0.1) is 5.02 Å². The molecular weight excluding hydrogens is 201 g/mol. The van der Waals surface area contributed by atoms with Gasteiger partial charge in [0.15, 0.2) is 0 Å². The van der Waals surface area contributed by atoms with Crippen LogP contribution in [0.2, 0.25) is 10.2 Å². The molecule has 11 heavy (non-hydrogen) atoms. The van der Waals surface area contributed by atoms with Crippen molar-refractivity contribution in [2.75, 3.05) is 5.75 Å². The standard InChI is InChI=1S/C7H7Cl2NS/c1-2-11-5-3-6(8)7(9)10-4-5/h3-4H,2H2,1H3. The molecule has 0 aliphatic heterocycles. The van der Waals surface area contributed by atoms with Gasteiger partial charge in [-0.1, -0.05) is 30.1 Å². The summed E-state index contributed by atoms with van der Waals surface area (Å²) < 4.78 is 0. The number of hydrogen-bond donors (Lipinski definition) is 0. The molecule has 0 N–H and O–H groups in total. The molecule has 0 saturated carbocycles. The summed E-state index contributed by atoms with van der Waals surface area (Å²) in [6.07, 6.45) is 1.72. The zero-order chi connectivity index (χ0) is 8.27. The van der Waals surface area contributed by atoms with E-state index in [1.54, 1.807) is 18.0 Å². The molecule has 0 aliphatic rings. The van der Waals surface area contributed by atoms with E-state index < -0.39 is 0 Å². The van der Waals surface area contributed by atoms with E-state index in [0.717, 1.165) is 10.6 Å². The molecule has 1 aromatic rings. The Balaban J connectivity index is 2.86. The van der Waals surface area contributed by atoms with Crippen molar-refractivity contribution in [3.05, 3.63) is 22.4 Å². The average molecular weight is 208 g/mol. The second kappa shape index (κ2) is 4.19. The highest BCUT2D eigenvalue weighted by Crippen LogP contribution is 2.25. The molecule has 0 aromatic carbocycles. The predicted molar refractivity (Wildman–Crippen MR) is 50.7 cm³/mol. The summed E-state index contributed by atoms with van der Waals surface area (Å²) in [7, 11) is 0. The van der Waals surface area contributed by atoms with Gasteiger partial charge in [-0.25, -0.2) is 4.98 Å². The van der Waals surface area contributed by atoms with Crippen LogP contribution in [0.1, 0.15) is 6.92 Å². The minimum atomic E-state index is 0.368. The Labute approximate surface area is 80.1 Å². The number of pyridine rings is 1. The molecule has 0 saturated heterocycles. The highest BCUT2D eigenvalue weighted by Gasteiger charge is 1.99. The first kappa shape index (κ1) is 9.17. The Kier molecular flexibility index (Phi) is 3.49. The largest absolute Gasteiger partial charge is 0.242 e. The highest BCUT2D eigenvalue weighted by atomic mass is 35.5. The normalized spacial score (nSPS) is 10.1. The van der Waals surface area contributed by atoms with Crippen molar-refractivity contribution in [2.24, 2.45) is 0 Å². The van der Waals surface area contributed by atoms with E-state index in [4.69, 9.17) is 23.2 Å². The van der Waals surface area contributed by atoms with Gasteiger partial charge in [-0.3, -0.25) is 0 Å². The second-order valence-corrected chi connectivity index (χ2v) is 3.98. The van der Waals surface area contributed by atoms with Gasteiger partial charge in [0.25, 0.3) is 0 Å². The Morgan fingerprint density at radius 2 is 2.27 bits per heavy atom. The van der Waals surface area contributed by atoms with Gasteiger partial charge in [0, 0.05) is 11.1 Å². The van der Waals surface area contributed by atoms with Gasteiger partial charge in [0.2, 0.25) is 0 Å². The van der Waals surface area contributed by atoms with Gasteiger partial charge in [-0.05, 0) is 11.8 Å². The fraction of sp³-hybridized carbons (Fsp3) is 0.286. The van der Waals surface area contributed by atoms with E-state index in [9.17, 15) is 0 Å². The molecule has 0 atom stereocenters. The molecule has 0 radical (unpaired) electrons. The molecule has 1 heterocycles. The molecule has 1 rings (SSSR count). The molecule has 0 bridgehead atoms. The zero-order valence-corrected chi connectivity index (χ0v) is 8.30. The van der Waals surface area contributed by atoms with E-state index in [0.29, 0.717) is 10.2 Å². The van der Waals surface area contributed by atoms with Crippen LogP contribution in [0.3, 0.4) is 0 Å². The third-order valence-corrected chi connectivity index (χ3v) is 2.61. The molecule has 0 spiro atoms. The van der Waals surface area contributed by atoms with Crippen molar-refractivity contribution < 1.29 is 0 Å². The van der Waals surface area contributed by atoms with Crippen LogP contribution in [-0.2, 0) is 0 Å². The SMILES string of the molecule is CCSc1cnc(Cl)c(Cl)c1. The van der Waals surface area contributed by atoms with Crippen LogP contribution in [0.4, 0.5) is 0 Å². The number of thioether (sulfide) groups is 1. The molecular formula is C7H7Cl2NS. The maximum absolute atomic E-state index is 5.74. The monoisotopic (exact) mass is 207 g/mol. The van der Waals surface area contributed by atoms with Crippen LogP contribution in [0.5, 0.6) is 0 Å². The van der Waals surface area contributed by atoms with Crippen molar-refractivity contribution in [3.63, 3.8) is 0 Å². The summed E-state index contributed by atoms with van der Waals surface area (Å²) in [5.74, 6) is 1.01. The van der Waals surface area contributed by atoms with Crippen molar-refractivity contribution in [2.45, 2.75) is 11.8 Å². The first-order valence-electron chi connectivity index (χ1n) is 3.18. The van der Waals surface area contributed by atoms with Crippen molar-refractivity contribution in [1.82, 2.24) is 4.98 Å². The minimum absolute atomic E-state index is 0.368. The Bertz CT molecular complexity index is 252. The molecule has 0 unspecified atom stereocenters. The van der Waals surface area contributed by atoms with Crippen LogP contribution in [0, 0.1) is 0 Å². The lowest BCUT2D eigenvalue weighted by molar-refractivity contribution is 1.24. The number of nitrogens with zero attached hydrogens (tertiary/aromatic N) is 1. The Morgan fingerprint density at radius 1 is 1.55 bits per heavy atom. The first-order chi connectivity index (χ1) is 5.24. The van der Waals surface area contributed by atoms with Crippen LogP contribution in [-0.4, -0.2) is 10.7 Å². The molecule has 0 fully saturated rings. The summed E-state index contributed by atoms with van der Waals surface area (Å²) in [6, 6.07) is 1.82. The van der Waals surface area contributed by atoms with Gasteiger partial charge in [-0.15, -0.1) is 11.8 Å². The fourth-order valence-electron chi connectivity index (χ4n) is 0.649. The molecule has 0 aliphatic carbocycles. The maximum Gasteiger partial charge on any atom is 0.147 e. The third-order valence-electron chi connectivity index (χ3n) is 1.08. The molecule has 1 aromatic heterocycles. The Hall–Kier alpha value is 0.0800. The first-order valence-corrected chi connectivity index (χ1v) is 4.92. The minimum Gasteiger partial charge on any atom is -0.242 e. The lowest BCUT2D eigenvalue weighted by Crippen LogP contribution is -1.79. The predicted octanol–water partition coefficient (Wildman–Crippen LogP) is 3.50. The quantitative estimate of drug-likeness (QED) is 0.544. The van der Waals surface area contributed by atoms with E-state index in [-0.39, 0.29) is 0 Å². The highest BCUT2D eigenvalue weighted by molar-refractivity contribution is 7.99. The smallest absolute Gasteiger partial charge is 0.147 e. The van der Waals surface area contributed by atoms with Gasteiger partial charge in [0.1, 0.15) is 5.15 Å². The van der Waals surface area contributed by atoms with Gasteiger partial charge >= 0.3 is 0 Å². The fourth-order valence-corrected chi connectivity index (χ4v) is 1.65. The molecule has 1 nitrogen and oxygen atoms in total. The number of aromatic nitrogens is 1. The summed E-state index contributed by atoms with van der Waals surface area (Å²) in [5, 5.41) is 0.886. The van der Waals surface area contributed by atoms with Crippen molar-refractivity contribution in [3.8, 4) is 0 Å². The topological polar surface area (TPSA) is 12.9 Å². The van der Waals surface area contributed by atoms with Crippen molar-refractivity contribution in [1.29, 1.82) is 0 Å². The van der Waals surface area contributed by atoms with Gasteiger partial charge in [-0.2, -0.15) is 0 Å². The summed E-state index contributed by atoms with van der Waals surface area (Å²) in [5.41, 5.74) is 0. The molecule has 0 amide bonds. The lowest BCUT2D eigenvalue weighted by Gasteiger charge is -1.98. The van der Waals surface area contributed by atoms with Gasteiger partial charge < -0.3 is 0 Å². The average Bonchev–Trinajstić information content (AvgIpc) is 1.98. The number of hydrogen-bond acceptors (Lipinski definition) is 2. The van der Waals surface area contributed by atoms with Crippen LogP contribution in [0.25, 0.3) is 0 Å². The zero-order valence-electron chi connectivity index (χ0n) is 5.97. The van der Waals surface area contributed by atoms with Crippen LogP contribution >= 0.6 is 35.0 Å². The summed E-state index contributed by atoms with van der Waals surface area (Å²) in [6.45, 7) is 2.08. The lowest BCUT2D eigenvalue weighted by atomic mass is 10.5. The Morgan fingerprint density at radius 3 is 2.82 bits per heavy atom. The van der Waals surface area contributed by atoms with E-state index in [2.05, 4.69) is 11.9 Å². The van der Waals surface area contributed by atoms with E-state index >= 15 is 0 Å². The van der Waals surface area contributed by atoms with E-state index in [1.165, 1.54) is 0 Å². The number of rotatable bonds is 2. The maximum atomic E-state index is 5.74. The summed E-state index contributed by atoms with van der Waals surface area (Å²) in [4.78, 5) is 4.97. The van der Waals surface area contributed by atoms with Crippen LogP contribution < -0.4 is 0 Å². The van der Waals surface area contributed by atoms with Crippen molar-refractivity contribution >= 4 is 35.0 Å². The van der Waals surface area contributed by atoms with Crippen LogP contribution in [0.15, 0.2) is 17.2 Å². The second-order valence-electron chi connectivity index (χ2n) is 1.88. The third kappa shape index (κ3) is 2.55. The number of halogens is 2.